The number of methoxy groups -OCH3 is 1. The molecule has 4 aromatic rings. The van der Waals surface area contributed by atoms with Crippen LogP contribution in [0.4, 0.5) is 30.2 Å². The van der Waals surface area contributed by atoms with Gasteiger partial charge in [0.2, 0.25) is 5.88 Å². The number of hydrogen-bond donors (Lipinski definition) is 3. The summed E-state index contributed by atoms with van der Waals surface area (Å²) in [5, 5.41) is 6.51. The Morgan fingerprint density at radius 2 is 1.65 bits per heavy atom. The number of halogens is 3. The maximum atomic E-state index is 15.5. The molecule has 1 atom stereocenters. The van der Waals surface area contributed by atoms with Crippen LogP contribution in [0.2, 0.25) is 0 Å². The van der Waals surface area contributed by atoms with Crippen LogP contribution in [0.25, 0.3) is 16.8 Å². The smallest absolute Gasteiger partial charge is 0.231 e. The topological polar surface area (TPSA) is 101 Å². The second-order valence-electron chi connectivity index (χ2n) is 8.30. The molecule has 8 nitrogen and oxygen atoms in total. The fraction of sp³-hybridized carbons (Fsp3) is 0.143. The third-order valence-corrected chi connectivity index (χ3v) is 7.37. The van der Waals surface area contributed by atoms with E-state index in [4.69, 9.17) is 4.74 Å². The molecule has 0 aliphatic carbocycles. The molecule has 0 fully saturated rings. The number of hydrogen-bond acceptors (Lipinski definition) is 7. The molecular formula is C28H27F3N6O2S. The lowest BCUT2D eigenvalue weighted by Crippen LogP contribution is -2.16. The van der Waals surface area contributed by atoms with Crippen LogP contribution >= 0.6 is 0 Å². The number of benzene rings is 2. The summed E-state index contributed by atoms with van der Waals surface area (Å²) in [6.45, 7) is 5.83. The minimum absolute atomic E-state index is 0.0820. The number of rotatable bonds is 6. The summed E-state index contributed by atoms with van der Waals surface area (Å²) >= 11 is 0. The molecule has 3 N–H and O–H groups in total. The molecule has 5 rings (SSSR count). The first kappa shape index (κ1) is 28.4. The average molecular weight is 569 g/mol. The van der Waals surface area contributed by atoms with Crippen molar-refractivity contribution < 1.29 is 22.1 Å². The van der Waals surface area contributed by atoms with Gasteiger partial charge in [0, 0.05) is 5.57 Å². The lowest BCUT2D eigenvalue weighted by atomic mass is 10.1. The normalized spacial score (nSPS) is 13.1. The van der Waals surface area contributed by atoms with Gasteiger partial charge in [-0.05, 0) is 43.1 Å². The van der Waals surface area contributed by atoms with Crippen LogP contribution in [-0.2, 0) is 9.71 Å². The first-order valence-electron chi connectivity index (χ1n) is 12.2. The number of ether oxygens (including phenoxy) is 1. The summed E-state index contributed by atoms with van der Waals surface area (Å²) < 4.78 is 64.8. The zero-order valence-corrected chi connectivity index (χ0v) is 23.0. The SMILES string of the molecule is C=S(=O)(Nc1ccc(F)c(-c2cnc(C(C)=C3Nc4ccccc4N3)cn2)c1F)c1cc(F)cnc1OC.CC. The molecule has 0 saturated heterocycles. The van der Waals surface area contributed by atoms with E-state index in [1.54, 1.807) is 0 Å². The summed E-state index contributed by atoms with van der Waals surface area (Å²) in [4.78, 5) is 12.1. The zero-order chi connectivity index (χ0) is 29.0. The quantitative estimate of drug-likeness (QED) is 0.234. The predicted molar refractivity (Wildman–Crippen MR) is 153 cm³/mol. The molecule has 1 unspecified atom stereocenters. The summed E-state index contributed by atoms with van der Waals surface area (Å²) in [5.74, 6) is 1.36. The summed E-state index contributed by atoms with van der Waals surface area (Å²) in [6.07, 6.45) is 3.52. The van der Waals surface area contributed by atoms with E-state index in [0.29, 0.717) is 11.5 Å². The molecular weight excluding hydrogens is 541 g/mol. The predicted octanol–water partition coefficient (Wildman–Crippen LogP) is 6.32. The van der Waals surface area contributed by atoms with Crippen LogP contribution < -0.4 is 20.1 Å². The van der Waals surface area contributed by atoms with Crippen molar-refractivity contribution in [3.63, 3.8) is 0 Å². The molecule has 3 heterocycles. The standard InChI is InChI=1S/C26H21F3N6O2S.C2H6/c1-14(25-33-17-6-4-5-7-18(17)34-25)20-12-31-21(13-30-20)23-16(28)8-9-19(24(23)29)35-38(3,36)22-10-15(27)11-32-26(22)37-2;1-2/h4-13,33-34H,3H2,1-2H3,(H,35,36);1-2H3. The van der Waals surface area contributed by atoms with Gasteiger partial charge in [-0.3, -0.25) is 9.97 Å². The van der Waals surface area contributed by atoms with Gasteiger partial charge in [-0.15, -0.1) is 0 Å². The van der Waals surface area contributed by atoms with E-state index < -0.39 is 32.7 Å². The molecule has 0 radical (unpaired) electrons. The van der Waals surface area contributed by atoms with Crippen molar-refractivity contribution >= 4 is 38.2 Å². The van der Waals surface area contributed by atoms with Crippen LogP contribution in [0.1, 0.15) is 26.5 Å². The van der Waals surface area contributed by atoms with Crippen LogP contribution in [-0.4, -0.2) is 32.1 Å². The maximum Gasteiger partial charge on any atom is 0.231 e. The van der Waals surface area contributed by atoms with Gasteiger partial charge in [0.1, 0.15) is 22.4 Å². The summed E-state index contributed by atoms with van der Waals surface area (Å²) in [6, 6.07) is 10.6. The summed E-state index contributed by atoms with van der Waals surface area (Å²) in [5.41, 5.74) is 2.14. The van der Waals surface area contributed by atoms with Gasteiger partial charge in [-0.25, -0.2) is 22.4 Å². The van der Waals surface area contributed by atoms with Gasteiger partial charge < -0.3 is 20.1 Å². The average Bonchev–Trinajstić information content (AvgIpc) is 3.40. The van der Waals surface area contributed by atoms with Crippen LogP contribution in [0.15, 0.2) is 71.8 Å². The number of para-hydroxylation sites is 2. The number of aromatic nitrogens is 3. The van der Waals surface area contributed by atoms with E-state index >= 15 is 4.39 Å². The Hall–Kier alpha value is -4.58. The van der Waals surface area contributed by atoms with E-state index in [-0.39, 0.29) is 22.2 Å². The second kappa shape index (κ2) is 11.7. The Kier molecular flexibility index (Phi) is 8.29. The lowest BCUT2D eigenvalue weighted by molar-refractivity contribution is 0.383. The Morgan fingerprint density at radius 1 is 0.975 bits per heavy atom. The van der Waals surface area contributed by atoms with E-state index in [1.807, 2.05) is 45.0 Å². The highest BCUT2D eigenvalue weighted by Gasteiger charge is 2.23. The van der Waals surface area contributed by atoms with Crippen molar-refractivity contribution in [3.05, 3.63) is 90.0 Å². The molecule has 0 bridgehead atoms. The monoisotopic (exact) mass is 568 g/mol. The highest BCUT2D eigenvalue weighted by atomic mass is 32.2. The van der Waals surface area contributed by atoms with Gasteiger partial charge in [-0.1, -0.05) is 26.0 Å². The highest BCUT2D eigenvalue weighted by molar-refractivity contribution is 8.01. The van der Waals surface area contributed by atoms with Gasteiger partial charge >= 0.3 is 0 Å². The lowest BCUT2D eigenvalue weighted by Gasteiger charge is -2.17. The minimum Gasteiger partial charge on any atom is -0.480 e. The third-order valence-electron chi connectivity index (χ3n) is 5.81. The highest BCUT2D eigenvalue weighted by Crippen LogP contribution is 2.34. The number of nitrogens with zero attached hydrogens (tertiary/aromatic N) is 3. The summed E-state index contributed by atoms with van der Waals surface area (Å²) in [7, 11) is -2.30. The molecule has 1 aliphatic rings. The molecule has 2 aromatic carbocycles. The largest absolute Gasteiger partial charge is 0.480 e. The number of fused-ring (bicyclic) bond motifs is 1. The third kappa shape index (κ3) is 5.57. The fourth-order valence-corrected chi connectivity index (χ4v) is 5.21. The number of allylic oxidation sites excluding steroid dienone is 1. The Morgan fingerprint density at radius 3 is 2.25 bits per heavy atom. The molecule has 1 aliphatic heterocycles. The Bertz CT molecular complexity index is 1670. The maximum absolute atomic E-state index is 15.5. The number of nitrogens with one attached hydrogen (secondary N) is 3. The van der Waals surface area contributed by atoms with Crippen LogP contribution in [0, 0.1) is 17.5 Å². The van der Waals surface area contributed by atoms with Crippen molar-refractivity contribution in [2.24, 2.45) is 0 Å². The first-order valence-corrected chi connectivity index (χ1v) is 13.9. The molecule has 208 valence electrons. The minimum atomic E-state index is -3.56. The molecule has 2 aromatic heterocycles. The van der Waals surface area contributed by atoms with Crippen molar-refractivity contribution in [1.82, 2.24) is 15.0 Å². The second-order valence-corrected chi connectivity index (χ2v) is 10.3. The molecule has 0 amide bonds. The van der Waals surface area contributed by atoms with Crippen molar-refractivity contribution in [1.29, 1.82) is 0 Å². The van der Waals surface area contributed by atoms with Crippen LogP contribution in [0.3, 0.4) is 0 Å². The molecule has 0 spiro atoms. The molecule has 40 heavy (non-hydrogen) atoms. The van der Waals surface area contributed by atoms with Gasteiger partial charge in [-0.2, -0.15) is 0 Å². The Labute approximate surface area is 230 Å². The van der Waals surface area contributed by atoms with E-state index in [9.17, 15) is 13.0 Å². The van der Waals surface area contributed by atoms with Gasteiger partial charge in [0.15, 0.2) is 5.82 Å². The molecule has 12 heteroatoms. The van der Waals surface area contributed by atoms with E-state index in [0.717, 1.165) is 41.3 Å². The number of pyridine rings is 1. The van der Waals surface area contributed by atoms with Crippen molar-refractivity contribution in [2.75, 3.05) is 22.5 Å². The van der Waals surface area contributed by atoms with E-state index in [2.05, 4.69) is 36.2 Å². The van der Waals surface area contributed by atoms with Crippen LogP contribution in [0.5, 0.6) is 5.88 Å². The fourth-order valence-electron chi connectivity index (χ4n) is 3.86. The first-order chi connectivity index (χ1) is 19.2. The van der Waals surface area contributed by atoms with Crippen molar-refractivity contribution in [2.45, 2.75) is 25.7 Å². The van der Waals surface area contributed by atoms with Gasteiger partial charge in [0.25, 0.3) is 0 Å². The van der Waals surface area contributed by atoms with E-state index in [1.165, 1.54) is 19.5 Å². The zero-order valence-electron chi connectivity index (χ0n) is 22.2. The van der Waals surface area contributed by atoms with Gasteiger partial charge in [0.05, 0.1) is 69.4 Å². The Balaban J connectivity index is 0.00000181. The number of anilines is 3. The van der Waals surface area contributed by atoms with Crippen molar-refractivity contribution in [3.8, 4) is 17.1 Å². The molecule has 0 saturated carbocycles.